The number of hydrogen-bond acceptors (Lipinski definition) is 4. The maximum Gasteiger partial charge on any atom is 0.227 e. The minimum Gasteiger partial charge on any atom is -0.338 e. The number of fused-ring (bicyclic) bond motifs is 2. The van der Waals surface area contributed by atoms with Crippen LogP contribution in [0.15, 0.2) is 60.7 Å². The molecule has 2 aromatic heterocycles. The van der Waals surface area contributed by atoms with Crippen LogP contribution in [0.1, 0.15) is 25.7 Å². The van der Waals surface area contributed by atoms with Gasteiger partial charge in [-0.2, -0.15) is 0 Å². The van der Waals surface area contributed by atoms with E-state index < -0.39 is 0 Å². The number of hydrogen-bond donors (Lipinski definition) is 4. The average Bonchev–Trinajstić information content (AvgIpc) is 3.82. The fourth-order valence-corrected chi connectivity index (χ4v) is 4.51. The summed E-state index contributed by atoms with van der Waals surface area (Å²) >= 11 is 0. The fraction of sp³-hybridized carbons (Fsp3) is 0.214. The summed E-state index contributed by atoms with van der Waals surface area (Å²) in [4.78, 5) is 40.7. The number of aromatic nitrogens is 4. The number of imidazole rings is 2. The molecule has 2 heterocycles. The van der Waals surface area contributed by atoms with Gasteiger partial charge in [0.25, 0.3) is 0 Å². The zero-order valence-corrected chi connectivity index (χ0v) is 19.5. The van der Waals surface area contributed by atoms with Crippen molar-refractivity contribution in [2.24, 2.45) is 11.8 Å². The lowest BCUT2D eigenvalue weighted by Crippen LogP contribution is -2.12. The molecule has 178 valence electrons. The lowest BCUT2D eigenvalue weighted by molar-refractivity contribution is -0.118. The van der Waals surface area contributed by atoms with Gasteiger partial charge in [-0.1, -0.05) is 24.3 Å². The van der Waals surface area contributed by atoms with E-state index in [1.54, 1.807) is 0 Å². The second-order valence-electron chi connectivity index (χ2n) is 9.71. The van der Waals surface area contributed by atoms with Gasteiger partial charge >= 0.3 is 0 Å². The Labute approximate surface area is 206 Å². The van der Waals surface area contributed by atoms with Crippen LogP contribution in [0.25, 0.3) is 44.8 Å². The molecule has 0 bridgehead atoms. The van der Waals surface area contributed by atoms with Crippen molar-refractivity contribution in [3.05, 3.63) is 60.7 Å². The molecule has 0 aliphatic heterocycles. The Balaban J connectivity index is 1.21. The molecule has 2 aliphatic rings. The van der Waals surface area contributed by atoms with Gasteiger partial charge in [-0.25, -0.2) is 9.97 Å². The van der Waals surface area contributed by atoms with Crippen molar-refractivity contribution in [1.82, 2.24) is 19.9 Å². The number of aromatic amines is 2. The van der Waals surface area contributed by atoms with Gasteiger partial charge in [-0.15, -0.1) is 0 Å². The lowest BCUT2D eigenvalue weighted by Gasteiger charge is -2.04. The smallest absolute Gasteiger partial charge is 0.227 e. The minimum absolute atomic E-state index is 0.0829. The highest BCUT2D eigenvalue weighted by Crippen LogP contribution is 2.34. The number of carbonyl (C=O) groups excluding carboxylic acids is 2. The molecule has 2 aliphatic carbocycles. The Hall–Kier alpha value is -4.46. The molecule has 0 radical (unpaired) electrons. The van der Waals surface area contributed by atoms with Crippen molar-refractivity contribution in [3.63, 3.8) is 0 Å². The van der Waals surface area contributed by atoms with Crippen molar-refractivity contribution in [3.8, 4) is 22.8 Å². The van der Waals surface area contributed by atoms with E-state index in [1.807, 2.05) is 60.7 Å². The standard InChI is InChI=1S/C28H24N6O2/c35-27(15-5-6-15)29-17-9-11-21-23(13-17)33-25(31-21)19-3-1-2-4-20(19)26-32-22-12-10-18(14-24(22)34-26)30-28(36)16-7-8-16/h1-4,9-16H,5-8H2,(H,29,35)(H,30,36)(H,31,33)(H,32,34). The van der Waals surface area contributed by atoms with Crippen LogP contribution in [0.3, 0.4) is 0 Å². The van der Waals surface area contributed by atoms with E-state index in [9.17, 15) is 9.59 Å². The monoisotopic (exact) mass is 476 g/mol. The van der Waals surface area contributed by atoms with Gasteiger partial charge in [0.05, 0.1) is 22.1 Å². The number of carbonyl (C=O) groups is 2. The Bertz CT molecular complexity index is 1530. The normalized spacial score (nSPS) is 15.3. The third-order valence-electron chi connectivity index (χ3n) is 6.83. The summed E-state index contributed by atoms with van der Waals surface area (Å²) in [5.74, 6) is 1.92. The van der Waals surface area contributed by atoms with Crippen LogP contribution in [-0.2, 0) is 9.59 Å². The summed E-state index contributed by atoms with van der Waals surface area (Å²) in [6, 6.07) is 19.4. The van der Waals surface area contributed by atoms with Crippen molar-refractivity contribution in [1.29, 1.82) is 0 Å². The molecule has 36 heavy (non-hydrogen) atoms. The van der Waals surface area contributed by atoms with Crippen LogP contribution in [0.2, 0.25) is 0 Å². The van der Waals surface area contributed by atoms with Gasteiger partial charge < -0.3 is 20.6 Å². The fourth-order valence-electron chi connectivity index (χ4n) is 4.51. The van der Waals surface area contributed by atoms with Crippen molar-refractivity contribution in [2.45, 2.75) is 25.7 Å². The molecule has 7 rings (SSSR count). The number of nitrogens with zero attached hydrogens (tertiary/aromatic N) is 2. The van der Waals surface area contributed by atoms with E-state index >= 15 is 0 Å². The molecule has 0 saturated heterocycles. The van der Waals surface area contributed by atoms with Crippen LogP contribution >= 0.6 is 0 Å². The molecule has 2 amide bonds. The van der Waals surface area contributed by atoms with Crippen LogP contribution < -0.4 is 10.6 Å². The van der Waals surface area contributed by atoms with Gasteiger partial charge in [-0.05, 0) is 62.1 Å². The van der Waals surface area contributed by atoms with Crippen LogP contribution in [0.5, 0.6) is 0 Å². The molecule has 4 N–H and O–H groups in total. The molecule has 8 heteroatoms. The Morgan fingerprint density at radius 1 is 0.667 bits per heavy atom. The zero-order valence-electron chi connectivity index (χ0n) is 19.5. The van der Waals surface area contributed by atoms with Gasteiger partial charge in [0.15, 0.2) is 0 Å². The highest BCUT2D eigenvalue weighted by molar-refractivity contribution is 5.97. The Kier molecular flexibility index (Phi) is 4.67. The quantitative estimate of drug-likeness (QED) is 0.260. The Morgan fingerprint density at radius 3 is 1.53 bits per heavy atom. The zero-order chi connectivity index (χ0) is 24.2. The number of anilines is 2. The third kappa shape index (κ3) is 3.90. The number of H-pyrrole nitrogens is 2. The van der Waals surface area contributed by atoms with Crippen LogP contribution in [0, 0.1) is 11.8 Å². The van der Waals surface area contributed by atoms with E-state index in [2.05, 4.69) is 20.6 Å². The highest BCUT2D eigenvalue weighted by Gasteiger charge is 2.30. The number of amides is 2. The van der Waals surface area contributed by atoms with Crippen molar-refractivity contribution in [2.75, 3.05) is 10.6 Å². The van der Waals surface area contributed by atoms with Gasteiger partial charge in [0, 0.05) is 34.3 Å². The molecule has 2 fully saturated rings. The summed E-state index contributed by atoms with van der Waals surface area (Å²) < 4.78 is 0. The van der Waals surface area contributed by atoms with Crippen LogP contribution in [-0.4, -0.2) is 31.8 Å². The van der Waals surface area contributed by atoms with E-state index in [4.69, 9.17) is 9.97 Å². The number of nitrogens with one attached hydrogen (secondary N) is 4. The third-order valence-corrected chi connectivity index (χ3v) is 6.83. The first-order valence-electron chi connectivity index (χ1n) is 12.3. The van der Waals surface area contributed by atoms with Crippen molar-refractivity contribution < 1.29 is 9.59 Å². The van der Waals surface area contributed by atoms with E-state index in [0.717, 1.165) is 81.9 Å². The average molecular weight is 477 g/mol. The lowest BCUT2D eigenvalue weighted by atomic mass is 10.1. The Morgan fingerprint density at radius 2 is 1.11 bits per heavy atom. The van der Waals surface area contributed by atoms with Gasteiger partial charge in [0.2, 0.25) is 11.8 Å². The molecular weight excluding hydrogens is 452 g/mol. The summed E-state index contributed by atoms with van der Waals surface area (Å²) in [6.07, 6.45) is 3.88. The second-order valence-corrected chi connectivity index (χ2v) is 9.71. The van der Waals surface area contributed by atoms with Crippen LogP contribution in [0.4, 0.5) is 11.4 Å². The maximum atomic E-state index is 12.2. The van der Waals surface area contributed by atoms with E-state index in [0.29, 0.717) is 0 Å². The summed E-state index contributed by atoms with van der Waals surface area (Å²) in [6.45, 7) is 0. The predicted octanol–water partition coefficient (Wildman–Crippen LogP) is 5.47. The van der Waals surface area contributed by atoms with E-state index in [1.165, 1.54) is 0 Å². The molecule has 3 aromatic carbocycles. The summed E-state index contributed by atoms with van der Waals surface area (Å²) in [5.41, 5.74) is 6.73. The number of benzene rings is 3. The van der Waals surface area contributed by atoms with Crippen molar-refractivity contribution >= 4 is 45.3 Å². The molecule has 8 nitrogen and oxygen atoms in total. The summed E-state index contributed by atoms with van der Waals surface area (Å²) in [7, 11) is 0. The largest absolute Gasteiger partial charge is 0.338 e. The first-order chi connectivity index (χ1) is 17.6. The maximum absolute atomic E-state index is 12.2. The second kappa shape index (κ2) is 8.05. The minimum atomic E-state index is 0.0829. The summed E-state index contributed by atoms with van der Waals surface area (Å²) in [5, 5.41) is 5.99. The molecule has 0 unspecified atom stereocenters. The highest BCUT2D eigenvalue weighted by atomic mass is 16.2. The first-order valence-corrected chi connectivity index (χ1v) is 12.3. The molecule has 5 aromatic rings. The predicted molar refractivity (Wildman–Crippen MR) is 139 cm³/mol. The van der Waals surface area contributed by atoms with E-state index in [-0.39, 0.29) is 23.7 Å². The van der Waals surface area contributed by atoms with Gasteiger partial charge in [0.1, 0.15) is 11.6 Å². The number of rotatable bonds is 6. The topological polar surface area (TPSA) is 116 Å². The molecular formula is C28H24N6O2. The molecule has 0 atom stereocenters. The molecule has 0 spiro atoms. The first kappa shape index (κ1) is 20.9. The SMILES string of the molecule is O=C(Nc1ccc2nc(-c3ccccc3-c3nc4ccc(NC(=O)C5CC5)cc4[nH]3)[nH]c2c1)C1CC1. The van der Waals surface area contributed by atoms with Gasteiger partial charge in [-0.3, -0.25) is 9.59 Å². The molecule has 2 saturated carbocycles.